The van der Waals surface area contributed by atoms with E-state index in [0.717, 1.165) is 34.2 Å². The average Bonchev–Trinajstić information content (AvgIpc) is 3.65. The fraction of sp³-hybridized carbons (Fsp3) is 0.167. The van der Waals surface area contributed by atoms with E-state index in [-0.39, 0.29) is 32.6 Å². The molecule has 0 spiro atoms. The number of hydrogen-bond donors (Lipinski definition) is 2. The summed E-state index contributed by atoms with van der Waals surface area (Å²) in [5.41, 5.74) is 4.51. The van der Waals surface area contributed by atoms with Crippen molar-refractivity contribution in [3.05, 3.63) is 132 Å². The molecule has 0 saturated heterocycles. The minimum atomic E-state index is -0.713. The topological polar surface area (TPSA) is 76.1 Å². The zero-order valence-corrected chi connectivity index (χ0v) is 26.7. The first-order valence-electron chi connectivity index (χ1n) is 14.1. The molecule has 7 rings (SSSR count). The zero-order chi connectivity index (χ0) is 29.2. The molecule has 0 saturated carbocycles. The number of imidazole rings is 2. The summed E-state index contributed by atoms with van der Waals surface area (Å²) in [5, 5.41) is 23.8. The van der Waals surface area contributed by atoms with Gasteiger partial charge in [0.15, 0.2) is 0 Å². The molecule has 0 amide bonds. The summed E-state index contributed by atoms with van der Waals surface area (Å²) in [6, 6.07) is 31.7. The van der Waals surface area contributed by atoms with Gasteiger partial charge in [-0.05, 0) is 64.1 Å². The van der Waals surface area contributed by atoms with Gasteiger partial charge < -0.3 is 19.3 Å². The number of rotatable bonds is 2. The molecule has 2 aromatic heterocycles. The number of nitrogens with zero attached hydrogens (tertiary/aromatic N) is 4. The van der Waals surface area contributed by atoms with Crippen LogP contribution in [0, 0.1) is 0 Å². The Bertz CT molecular complexity index is 1810. The van der Waals surface area contributed by atoms with Crippen LogP contribution in [0.4, 0.5) is 0 Å². The van der Waals surface area contributed by atoms with Crippen molar-refractivity contribution in [2.75, 3.05) is 0 Å². The van der Waals surface area contributed by atoms with Gasteiger partial charge in [0.1, 0.15) is 23.1 Å². The van der Waals surface area contributed by atoms with Crippen molar-refractivity contribution >= 4 is 0 Å². The van der Waals surface area contributed by atoms with E-state index in [1.165, 1.54) is 0 Å². The van der Waals surface area contributed by atoms with Crippen LogP contribution < -0.4 is 0 Å². The Kier molecular flexibility index (Phi) is 6.93. The molecule has 6 aromatic rings. The number of phenols is 2. The van der Waals surface area contributed by atoms with Crippen LogP contribution in [0.3, 0.4) is 0 Å². The molecule has 0 unspecified atom stereocenters. The van der Waals surface area contributed by atoms with Crippen molar-refractivity contribution in [3.63, 3.8) is 0 Å². The standard InChI is InChI=1S/C36H32N4O2.Pt/c1-35(2)27-19-11-17-25(31(27)41)30-22-40(24-15-9-6-10-16-24)34(38-30)36(3,4)28-20-12-18-26(32(28)42)29-21-39(33(35)37-29)23-13-7-5-8-14-23;/h5-22,41-42H,1-4H3;. The van der Waals surface area contributed by atoms with Crippen molar-refractivity contribution in [2.45, 2.75) is 38.5 Å². The molecule has 6 nitrogen and oxygen atoms in total. The molecule has 0 aliphatic carbocycles. The largest absolute Gasteiger partial charge is 0.507 e. The van der Waals surface area contributed by atoms with Gasteiger partial charge in [0.25, 0.3) is 0 Å². The Morgan fingerprint density at radius 3 is 1.26 bits per heavy atom. The van der Waals surface area contributed by atoms with Gasteiger partial charge in [-0.15, -0.1) is 0 Å². The predicted molar refractivity (Wildman–Crippen MR) is 166 cm³/mol. The second-order valence-corrected chi connectivity index (χ2v) is 12.0. The number of aromatic hydroxyl groups is 2. The number of phenolic OH excluding ortho intramolecular Hbond substituents is 2. The first-order valence-corrected chi connectivity index (χ1v) is 14.1. The molecule has 1 aliphatic rings. The van der Waals surface area contributed by atoms with Gasteiger partial charge in [0, 0.05) is 67.1 Å². The summed E-state index contributed by atoms with van der Waals surface area (Å²) in [4.78, 5) is 10.3. The zero-order valence-electron chi connectivity index (χ0n) is 24.4. The number of hydrogen-bond acceptors (Lipinski definition) is 4. The molecule has 218 valence electrons. The minimum absolute atomic E-state index is 0. The number of para-hydroxylation sites is 4. The molecule has 2 N–H and O–H groups in total. The summed E-state index contributed by atoms with van der Waals surface area (Å²) in [6.45, 7) is 8.26. The smallest absolute Gasteiger partial charge is 0.129 e. The van der Waals surface area contributed by atoms with Gasteiger partial charge >= 0.3 is 0 Å². The normalized spacial score (nSPS) is 14.4. The molecular weight excluding hydrogens is 716 g/mol. The Balaban J connectivity index is 0.00000329. The second kappa shape index (κ2) is 10.4. The molecule has 0 radical (unpaired) electrons. The molecule has 1 aliphatic heterocycles. The third-order valence-electron chi connectivity index (χ3n) is 8.57. The van der Waals surface area contributed by atoms with Crippen LogP contribution in [0.5, 0.6) is 11.5 Å². The van der Waals surface area contributed by atoms with Crippen LogP contribution in [0.15, 0.2) is 109 Å². The van der Waals surface area contributed by atoms with Gasteiger partial charge in [-0.25, -0.2) is 9.97 Å². The van der Waals surface area contributed by atoms with E-state index in [1.807, 2.05) is 109 Å². The van der Waals surface area contributed by atoms with E-state index >= 15 is 0 Å². The van der Waals surface area contributed by atoms with Crippen LogP contribution in [-0.4, -0.2) is 29.3 Å². The van der Waals surface area contributed by atoms with E-state index in [1.54, 1.807) is 0 Å². The monoisotopic (exact) mass is 747 g/mol. The maximum Gasteiger partial charge on any atom is 0.129 e. The Labute approximate surface area is 265 Å². The summed E-state index contributed by atoms with van der Waals surface area (Å²) >= 11 is 0. The molecule has 8 bridgehead atoms. The summed E-state index contributed by atoms with van der Waals surface area (Å²) < 4.78 is 4.11. The van der Waals surface area contributed by atoms with Crippen molar-refractivity contribution in [2.24, 2.45) is 0 Å². The summed E-state index contributed by atoms with van der Waals surface area (Å²) in [7, 11) is 0. The van der Waals surface area contributed by atoms with E-state index in [2.05, 4.69) is 36.8 Å². The molecular formula is C36H32N4O2Pt. The summed E-state index contributed by atoms with van der Waals surface area (Å²) in [6.07, 6.45) is 3.95. The maximum absolute atomic E-state index is 11.9. The van der Waals surface area contributed by atoms with Gasteiger partial charge in [-0.1, -0.05) is 60.7 Å². The number of benzene rings is 4. The Morgan fingerprint density at radius 2 is 0.884 bits per heavy atom. The fourth-order valence-electron chi connectivity index (χ4n) is 6.22. The van der Waals surface area contributed by atoms with Crippen LogP contribution in [0.2, 0.25) is 0 Å². The van der Waals surface area contributed by atoms with E-state index in [9.17, 15) is 10.2 Å². The van der Waals surface area contributed by atoms with Crippen LogP contribution in [-0.2, 0) is 31.9 Å². The van der Waals surface area contributed by atoms with Crippen LogP contribution in [0.1, 0.15) is 50.5 Å². The van der Waals surface area contributed by atoms with Crippen molar-refractivity contribution in [3.8, 4) is 45.4 Å². The van der Waals surface area contributed by atoms with E-state index in [0.29, 0.717) is 22.5 Å². The van der Waals surface area contributed by atoms with E-state index < -0.39 is 10.8 Å². The molecule has 3 heterocycles. The fourth-order valence-corrected chi connectivity index (χ4v) is 6.22. The molecule has 43 heavy (non-hydrogen) atoms. The van der Waals surface area contributed by atoms with Crippen molar-refractivity contribution in [1.29, 1.82) is 0 Å². The van der Waals surface area contributed by atoms with Gasteiger partial charge in [-0.2, -0.15) is 0 Å². The molecule has 0 atom stereocenters. The van der Waals surface area contributed by atoms with Gasteiger partial charge in [0.2, 0.25) is 0 Å². The van der Waals surface area contributed by atoms with Crippen LogP contribution >= 0.6 is 0 Å². The quantitative estimate of drug-likeness (QED) is 0.190. The van der Waals surface area contributed by atoms with Crippen molar-refractivity contribution < 1.29 is 31.3 Å². The number of fused-ring (bicyclic) bond motifs is 10. The molecule has 0 fully saturated rings. The minimum Gasteiger partial charge on any atom is -0.507 e. The van der Waals surface area contributed by atoms with Crippen LogP contribution in [0.25, 0.3) is 33.9 Å². The SMILES string of the molecule is CC1(C)c2cccc(c2O)-c2cn(-c3ccccc3)c(n2)C(C)(C)c2cccc(c2O)-c2cn(-c3ccccc3)c1n2.[Pt]. The summed E-state index contributed by atoms with van der Waals surface area (Å²) in [5.74, 6) is 1.83. The maximum atomic E-state index is 11.9. The third kappa shape index (κ3) is 4.44. The third-order valence-corrected chi connectivity index (χ3v) is 8.57. The first-order chi connectivity index (χ1) is 20.2. The van der Waals surface area contributed by atoms with Gasteiger partial charge in [-0.3, -0.25) is 0 Å². The average molecular weight is 748 g/mol. The Morgan fingerprint density at radius 1 is 0.512 bits per heavy atom. The van der Waals surface area contributed by atoms with E-state index in [4.69, 9.17) is 9.97 Å². The number of aromatic nitrogens is 4. The second-order valence-electron chi connectivity index (χ2n) is 12.0. The predicted octanol–water partition coefficient (Wildman–Crippen LogP) is 7.77. The molecule has 4 aromatic carbocycles. The first kappa shape index (κ1) is 28.7. The van der Waals surface area contributed by atoms with Crippen molar-refractivity contribution in [1.82, 2.24) is 19.1 Å². The Hall–Kier alpha value is -4.41. The molecule has 7 heteroatoms. The van der Waals surface area contributed by atoms with Gasteiger partial charge in [0.05, 0.1) is 22.2 Å².